The average molecular weight is 228 g/mol. The van der Waals surface area contributed by atoms with Crippen LogP contribution >= 0.6 is 0 Å². The third kappa shape index (κ3) is 5.31. The van der Waals surface area contributed by atoms with Gasteiger partial charge in [-0.3, -0.25) is 0 Å². The Morgan fingerprint density at radius 3 is 2.12 bits per heavy atom. The summed E-state index contributed by atoms with van der Waals surface area (Å²) in [5.74, 6) is -0.317. The first-order valence-electron chi connectivity index (χ1n) is 6.28. The van der Waals surface area contributed by atoms with Gasteiger partial charge in [-0.25, -0.2) is 4.79 Å². The molecule has 0 unspecified atom stereocenters. The quantitative estimate of drug-likeness (QED) is 0.344. The van der Waals surface area contributed by atoms with E-state index in [-0.39, 0.29) is 5.97 Å². The fourth-order valence-corrected chi connectivity index (χ4v) is 2.16. The van der Waals surface area contributed by atoms with Crippen molar-refractivity contribution in [3.63, 3.8) is 0 Å². The SMILES string of the molecule is C=CC(=O)OCC[N+](CC)(CCC)CCC. The average Bonchev–Trinajstić information content (AvgIpc) is 2.29. The highest BCUT2D eigenvalue weighted by atomic mass is 16.5. The van der Waals surface area contributed by atoms with E-state index in [0.29, 0.717) is 6.61 Å². The lowest BCUT2D eigenvalue weighted by molar-refractivity contribution is -0.926. The van der Waals surface area contributed by atoms with Crippen LogP contribution in [-0.2, 0) is 9.53 Å². The van der Waals surface area contributed by atoms with E-state index < -0.39 is 0 Å². The molecule has 0 aromatic rings. The van der Waals surface area contributed by atoms with Crippen molar-refractivity contribution in [2.45, 2.75) is 33.6 Å². The van der Waals surface area contributed by atoms with Gasteiger partial charge in [-0.15, -0.1) is 0 Å². The van der Waals surface area contributed by atoms with E-state index in [1.807, 2.05) is 0 Å². The van der Waals surface area contributed by atoms with Gasteiger partial charge in [0, 0.05) is 6.08 Å². The number of esters is 1. The van der Waals surface area contributed by atoms with Crippen LogP contribution in [0.4, 0.5) is 0 Å². The molecule has 0 N–H and O–H groups in total. The zero-order chi connectivity index (χ0) is 12.4. The van der Waals surface area contributed by atoms with Crippen LogP contribution in [-0.4, -0.2) is 43.2 Å². The minimum atomic E-state index is -0.317. The maximum atomic E-state index is 11.0. The molecule has 0 amide bonds. The molecule has 0 aromatic heterocycles. The van der Waals surface area contributed by atoms with E-state index in [1.54, 1.807) is 0 Å². The van der Waals surface area contributed by atoms with Crippen LogP contribution in [0, 0.1) is 0 Å². The first-order chi connectivity index (χ1) is 7.64. The summed E-state index contributed by atoms with van der Waals surface area (Å²) in [6, 6.07) is 0. The monoisotopic (exact) mass is 228 g/mol. The molecule has 0 aromatic carbocycles. The van der Waals surface area contributed by atoms with Crippen molar-refractivity contribution in [1.82, 2.24) is 0 Å². The van der Waals surface area contributed by atoms with Crippen molar-refractivity contribution >= 4 is 5.97 Å². The molecule has 0 aliphatic heterocycles. The Balaban J connectivity index is 4.18. The molecule has 0 spiro atoms. The number of quaternary nitrogens is 1. The molecule has 0 atom stereocenters. The van der Waals surface area contributed by atoms with Crippen molar-refractivity contribution in [1.29, 1.82) is 0 Å². The van der Waals surface area contributed by atoms with Crippen molar-refractivity contribution < 1.29 is 14.0 Å². The van der Waals surface area contributed by atoms with Gasteiger partial charge in [0.2, 0.25) is 0 Å². The lowest BCUT2D eigenvalue weighted by Gasteiger charge is -2.37. The summed E-state index contributed by atoms with van der Waals surface area (Å²) in [7, 11) is 0. The Kier molecular flexibility index (Phi) is 7.90. The van der Waals surface area contributed by atoms with Crippen LogP contribution in [0.5, 0.6) is 0 Å². The summed E-state index contributed by atoms with van der Waals surface area (Å²) < 4.78 is 6.12. The molecule has 0 rings (SSSR count). The van der Waals surface area contributed by atoms with E-state index in [1.165, 1.54) is 18.9 Å². The second kappa shape index (κ2) is 8.34. The molecule has 0 saturated heterocycles. The lowest BCUT2D eigenvalue weighted by Crippen LogP contribution is -2.51. The third-order valence-electron chi connectivity index (χ3n) is 3.04. The number of hydrogen-bond acceptors (Lipinski definition) is 2. The van der Waals surface area contributed by atoms with E-state index in [9.17, 15) is 4.79 Å². The largest absolute Gasteiger partial charge is 0.457 e. The van der Waals surface area contributed by atoms with E-state index in [0.717, 1.165) is 30.7 Å². The standard InChI is InChI=1S/C13H26NO2/c1-5-9-14(8-4,10-6-2)11-12-16-13(15)7-3/h7H,3,5-6,8-12H2,1-2,4H3/q+1. The van der Waals surface area contributed by atoms with Gasteiger partial charge in [-0.2, -0.15) is 0 Å². The molecule has 3 nitrogen and oxygen atoms in total. The predicted molar refractivity (Wildman–Crippen MR) is 67.1 cm³/mol. The topological polar surface area (TPSA) is 26.3 Å². The second-order valence-electron chi connectivity index (χ2n) is 4.20. The van der Waals surface area contributed by atoms with Crippen molar-refractivity contribution in [2.75, 3.05) is 32.8 Å². The zero-order valence-electron chi connectivity index (χ0n) is 11.0. The molecule has 94 valence electrons. The summed E-state index contributed by atoms with van der Waals surface area (Å²) in [6.07, 6.45) is 3.56. The highest BCUT2D eigenvalue weighted by Gasteiger charge is 2.23. The van der Waals surface area contributed by atoms with Gasteiger partial charge in [-0.05, 0) is 19.8 Å². The molecule has 0 fully saturated rings. The van der Waals surface area contributed by atoms with Gasteiger partial charge in [0.15, 0.2) is 0 Å². The van der Waals surface area contributed by atoms with E-state index >= 15 is 0 Å². The van der Waals surface area contributed by atoms with Crippen LogP contribution in [0.25, 0.3) is 0 Å². The highest BCUT2D eigenvalue weighted by molar-refractivity contribution is 5.81. The molecular weight excluding hydrogens is 202 g/mol. The molecule has 0 heterocycles. The van der Waals surface area contributed by atoms with E-state index in [2.05, 4.69) is 27.4 Å². The van der Waals surface area contributed by atoms with Gasteiger partial charge < -0.3 is 9.22 Å². The Hall–Kier alpha value is -0.830. The van der Waals surface area contributed by atoms with Gasteiger partial charge in [0.05, 0.1) is 19.6 Å². The number of likely N-dealkylation sites (N-methyl/N-ethyl adjacent to an activating group) is 1. The van der Waals surface area contributed by atoms with Crippen LogP contribution in [0.15, 0.2) is 12.7 Å². The molecule has 3 heteroatoms. The molecular formula is C13H26NO2+. The van der Waals surface area contributed by atoms with Crippen LogP contribution in [0.2, 0.25) is 0 Å². The molecule has 0 bridgehead atoms. The Labute approximate surface area is 99.7 Å². The number of carbonyl (C=O) groups excluding carboxylic acids is 1. The van der Waals surface area contributed by atoms with Crippen molar-refractivity contribution in [3.8, 4) is 0 Å². The fourth-order valence-electron chi connectivity index (χ4n) is 2.16. The van der Waals surface area contributed by atoms with E-state index in [4.69, 9.17) is 4.74 Å². The number of nitrogens with zero attached hydrogens (tertiary/aromatic N) is 1. The Morgan fingerprint density at radius 1 is 1.19 bits per heavy atom. The minimum absolute atomic E-state index is 0.317. The van der Waals surface area contributed by atoms with Gasteiger partial charge in [0.1, 0.15) is 13.2 Å². The minimum Gasteiger partial charge on any atom is -0.457 e. The van der Waals surface area contributed by atoms with Gasteiger partial charge >= 0.3 is 5.97 Å². The Morgan fingerprint density at radius 2 is 1.75 bits per heavy atom. The number of ether oxygens (including phenoxy) is 1. The first-order valence-corrected chi connectivity index (χ1v) is 6.28. The summed E-state index contributed by atoms with van der Waals surface area (Å²) in [6.45, 7) is 14.8. The van der Waals surface area contributed by atoms with Gasteiger partial charge in [-0.1, -0.05) is 20.4 Å². The van der Waals surface area contributed by atoms with Crippen LogP contribution < -0.4 is 0 Å². The number of carbonyl (C=O) groups is 1. The van der Waals surface area contributed by atoms with Crippen molar-refractivity contribution in [3.05, 3.63) is 12.7 Å². The zero-order valence-corrected chi connectivity index (χ0v) is 11.0. The second-order valence-corrected chi connectivity index (χ2v) is 4.20. The molecule has 0 radical (unpaired) electrons. The first kappa shape index (κ1) is 15.2. The lowest BCUT2D eigenvalue weighted by atomic mass is 10.2. The molecule has 16 heavy (non-hydrogen) atoms. The van der Waals surface area contributed by atoms with Crippen LogP contribution in [0.1, 0.15) is 33.6 Å². The number of hydrogen-bond donors (Lipinski definition) is 0. The van der Waals surface area contributed by atoms with Crippen molar-refractivity contribution in [2.24, 2.45) is 0 Å². The van der Waals surface area contributed by atoms with Crippen LogP contribution in [0.3, 0.4) is 0 Å². The third-order valence-corrected chi connectivity index (χ3v) is 3.04. The molecule has 0 saturated carbocycles. The fraction of sp³-hybridized carbons (Fsp3) is 0.769. The summed E-state index contributed by atoms with van der Waals surface area (Å²) >= 11 is 0. The predicted octanol–water partition coefficient (Wildman–Crippen LogP) is 2.37. The maximum absolute atomic E-state index is 11.0. The maximum Gasteiger partial charge on any atom is 0.330 e. The normalized spacial score (nSPS) is 11.2. The Bertz CT molecular complexity index is 208. The smallest absolute Gasteiger partial charge is 0.330 e. The summed E-state index contributed by atoms with van der Waals surface area (Å²) in [5, 5.41) is 0. The highest BCUT2D eigenvalue weighted by Crippen LogP contribution is 2.09. The summed E-state index contributed by atoms with van der Waals surface area (Å²) in [5.41, 5.74) is 0. The summed E-state index contributed by atoms with van der Waals surface area (Å²) in [4.78, 5) is 11.0. The van der Waals surface area contributed by atoms with Gasteiger partial charge in [0.25, 0.3) is 0 Å². The molecule has 0 aliphatic carbocycles. The molecule has 0 aliphatic rings. The number of rotatable bonds is 9.